The van der Waals surface area contributed by atoms with Gasteiger partial charge in [-0.15, -0.1) is 0 Å². The number of H-pyrrole nitrogens is 1. The number of anilines is 1. The largest absolute Gasteiger partial charge is 0.379 e. The number of nitrogens with zero attached hydrogens (tertiary/aromatic N) is 3. The summed E-state index contributed by atoms with van der Waals surface area (Å²) in [5.41, 5.74) is 4.53. The van der Waals surface area contributed by atoms with Gasteiger partial charge < -0.3 is 24.4 Å². The average Bonchev–Trinajstić information content (AvgIpc) is 3.53. The van der Waals surface area contributed by atoms with Crippen molar-refractivity contribution in [2.75, 3.05) is 64.2 Å². The third-order valence-electron chi connectivity index (χ3n) is 9.07. The average molecular weight is 532 g/mol. The van der Waals surface area contributed by atoms with Crippen LogP contribution in [0.15, 0.2) is 42.5 Å². The summed E-state index contributed by atoms with van der Waals surface area (Å²) in [5, 5.41) is 11.9. The fourth-order valence-electron chi connectivity index (χ4n) is 6.94. The van der Waals surface area contributed by atoms with Crippen molar-refractivity contribution in [1.82, 2.24) is 20.4 Å². The number of aromatic amines is 1. The van der Waals surface area contributed by atoms with E-state index < -0.39 is 0 Å². The Balaban J connectivity index is 1.09. The van der Waals surface area contributed by atoms with Crippen LogP contribution >= 0.6 is 0 Å². The highest BCUT2D eigenvalue weighted by Gasteiger charge is 2.40. The molecule has 3 atom stereocenters. The van der Waals surface area contributed by atoms with E-state index in [-0.39, 0.29) is 11.4 Å². The van der Waals surface area contributed by atoms with Gasteiger partial charge in [-0.25, -0.2) is 0 Å². The van der Waals surface area contributed by atoms with Gasteiger partial charge in [0, 0.05) is 48.4 Å². The first-order chi connectivity index (χ1) is 19.2. The van der Waals surface area contributed by atoms with Crippen molar-refractivity contribution in [3.63, 3.8) is 0 Å². The van der Waals surface area contributed by atoms with Crippen LogP contribution in [-0.2, 0) is 14.2 Å². The number of fused-ring (bicyclic) bond motifs is 3. The molecular weight excluding hydrogens is 494 g/mol. The van der Waals surface area contributed by atoms with Gasteiger partial charge in [0.2, 0.25) is 0 Å². The van der Waals surface area contributed by atoms with Crippen LogP contribution in [0.4, 0.5) is 5.69 Å². The topological polar surface area (TPSA) is 92.0 Å². The molecule has 4 saturated heterocycles. The van der Waals surface area contributed by atoms with Gasteiger partial charge >= 0.3 is 0 Å². The molecule has 2 aromatic carbocycles. The predicted molar refractivity (Wildman–Crippen MR) is 149 cm³/mol. The minimum atomic E-state index is -0.176. The van der Waals surface area contributed by atoms with Crippen molar-refractivity contribution in [1.29, 1.82) is 0 Å². The van der Waals surface area contributed by atoms with Gasteiger partial charge in [0.1, 0.15) is 0 Å². The lowest BCUT2D eigenvalue weighted by molar-refractivity contribution is -0.0840. The summed E-state index contributed by atoms with van der Waals surface area (Å²) in [7, 11) is 0. The second-order valence-electron chi connectivity index (χ2n) is 11.4. The van der Waals surface area contributed by atoms with Gasteiger partial charge in [-0.1, -0.05) is 12.1 Å². The minimum absolute atomic E-state index is 0.0691. The second-order valence-corrected chi connectivity index (χ2v) is 11.4. The van der Waals surface area contributed by atoms with Gasteiger partial charge in [-0.2, -0.15) is 5.10 Å². The van der Waals surface area contributed by atoms with E-state index in [4.69, 9.17) is 14.2 Å². The maximum absolute atomic E-state index is 13.4. The van der Waals surface area contributed by atoms with Crippen LogP contribution < -0.4 is 10.2 Å². The monoisotopic (exact) mass is 531 g/mol. The first-order valence-corrected chi connectivity index (χ1v) is 14.3. The molecule has 2 N–H and O–H groups in total. The number of carbonyl (C=O) groups excluding carboxylic acids is 1. The number of hydrogen-bond donors (Lipinski definition) is 2. The molecular formula is C30H37N5O4. The molecule has 4 aliphatic rings. The van der Waals surface area contributed by atoms with E-state index >= 15 is 0 Å². The summed E-state index contributed by atoms with van der Waals surface area (Å²) in [4.78, 5) is 18.3. The van der Waals surface area contributed by atoms with Crippen molar-refractivity contribution in [3.05, 3.63) is 48.0 Å². The first kappa shape index (κ1) is 25.0. The van der Waals surface area contributed by atoms with E-state index in [1.54, 1.807) is 0 Å². The molecule has 3 aromatic rings. The number of benzene rings is 2. The molecule has 9 heteroatoms. The van der Waals surface area contributed by atoms with Crippen molar-refractivity contribution in [3.8, 4) is 11.3 Å². The van der Waals surface area contributed by atoms with Crippen molar-refractivity contribution >= 4 is 22.5 Å². The fraction of sp³-hybridized carbons (Fsp3) is 0.533. The fourth-order valence-corrected chi connectivity index (χ4v) is 6.94. The van der Waals surface area contributed by atoms with E-state index in [1.165, 1.54) is 18.5 Å². The highest BCUT2D eigenvalue weighted by molar-refractivity contribution is 6.01. The van der Waals surface area contributed by atoms with Crippen LogP contribution in [-0.4, -0.2) is 97.9 Å². The summed E-state index contributed by atoms with van der Waals surface area (Å²) < 4.78 is 17.2. The molecule has 2 bridgehead atoms. The van der Waals surface area contributed by atoms with E-state index in [0.29, 0.717) is 30.8 Å². The second kappa shape index (κ2) is 10.5. The highest BCUT2D eigenvalue weighted by Crippen LogP contribution is 2.36. The zero-order valence-corrected chi connectivity index (χ0v) is 22.4. The minimum Gasteiger partial charge on any atom is -0.379 e. The van der Waals surface area contributed by atoms with E-state index in [2.05, 4.69) is 49.6 Å². The number of rotatable bonds is 6. The Labute approximate surface area is 228 Å². The summed E-state index contributed by atoms with van der Waals surface area (Å²) in [6, 6.07) is 15.4. The number of amides is 1. The van der Waals surface area contributed by atoms with Gasteiger partial charge in [0.25, 0.3) is 5.91 Å². The van der Waals surface area contributed by atoms with Crippen LogP contribution in [0, 0.1) is 0 Å². The normalized spacial score (nSPS) is 27.6. The molecule has 0 spiro atoms. The van der Waals surface area contributed by atoms with Crippen LogP contribution in [0.25, 0.3) is 22.2 Å². The molecule has 39 heavy (non-hydrogen) atoms. The predicted octanol–water partition coefficient (Wildman–Crippen LogP) is 3.21. The SMILES string of the molecule is O=C(NCC1(N2CCOCC2)CCCOC1)c1ccc2[nH]nc(-c3ccc(N4C5CCC4COC5)cc3)c2c1. The number of aromatic nitrogens is 2. The smallest absolute Gasteiger partial charge is 0.251 e. The third-order valence-corrected chi connectivity index (χ3v) is 9.07. The van der Waals surface area contributed by atoms with Gasteiger partial charge in [-0.05, 0) is 56.0 Å². The van der Waals surface area contributed by atoms with E-state index in [0.717, 1.165) is 81.1 Å². The van der Waals surface area contributed by atoms with E-state index in [9.17, 15) is 4.79 Å². The number of ether oxygens (including phenoxy) is 3. The summed E-state index contributed by atoms with van der Waals surface area (Å²) >= 11 is 0. The third kappa shape index (κ3) is 4.71. The lowest BCUT2D eigenvalue weighted by atomic mass is 9.89. The van der Waals surface area contributed by atoms with Crippen LogP contribution in [0.2, 0.25) is 0 Å². The molecule has 206 valence electrons. The number of nitrogens with one attached hydrogen (secondary N) is 2. The number of hydrogen-bond acceptors (Lipinski definition) is 7. The highest BCUT2D eigenvalue weighted by atomic mass is 16.5. The maximum atomic E-state index is 13.4. The zero-order chi connectivity index (χ0) is 26.2. The standard InChI is InChI=1S/C30H37N5O4/c36-29(31-19-30(10-1-13-38-20-30)34-11-14-37-15-12-34)22-4-9-27-26(16-22)28(33-32-27)21-2-5-23(6-3-21)35-24-7-8-25(35)18-39-17-24/h2-6,9,16,24-25H,1,7-8,10-15,17-20H2,(H,31,36)(H,32,33). The Morgan fingerprint density at radius 1 is 1.00 bits per heavy atom. The zero-order valence-electron chi connectivity index (χ0n) is 22.4. The molecule has 0 radical (unpaired) electrons. The molecule has 1 aromatic heterocycles. The van der Waals surface area contributed by atoms with Crippen LogP contribution in [0.3, 0.4) is 0 Å². The summed E-state index contributed by atoms with van der Waals surface area (Å²) in [6.45, 7) is 6.81. The molecule has 5 heterocycles. The Morgan fingerprint density at radius 3 is 2.54 bits per heavy atom. The number of morpholine rings is 2. The van der Waals surface area contributed by atoms with Crippen molar-refractivity contribution in [2.24, 2.45) is 0 Å². The lowest BCUT2D eigenvalue weighted by Gasteiger charge is -2.47. The first-order valence-electron chi connectivity index (χ1n) is 14.3. The van der Waals surface area contributed by atoms with Gasteiger partial charge in [-0.3, -0.25) is 14.8 Å². The summed E-state index contributed by atoms with van der Waals surface area (Å²) in [5.74, 6) is -0.0691. The molecule has 0 saturated carbocycles. The molecule has 7 rings (SSSR count). The molecule has 0 aliphatic carbocycles. The molecule has 1 amide bonds. The summed E-state index contributed by atoms with van der Waals surface area (Å²) in [6.07, 6.45) is 4.41. The molecule has 4 aliphatic heterocycles. The van der Waals surface area contributed by atoms with Crippen molar-refractivity contribution < 1.29 is 19.0 Å². The van der Waals surface area contributed by atoms with E-state index in [1.807, 2.05) is 18.2 Å². The van der Waals surface area contributed by atoms with Gasteiger partial charge in [0.15, 0.2) is 0 Å². The molecule has 4 fully saturated rings. The Kier molecular flexibility index (Phi) is 6.76. The maximum Gasteiger partial charge on any atom is 0.251 e. The number of carbonyl (C=O) groups is 1. The van der Waals surface area contributed by atoms with Crippen LogP contribution in [0.1, 0.15) is 36.0 Å². The Hall–Kier alpha value is -2.98. The lowest BCUT2D eigenvalue weighted by Crippen LogP contribution is -2.62. The Bertz CT molecular complexity index is 1300. The van der Waals surface area contributed by atoms with Crippen molar-refractivity contribution in [2.45, 2.75) is 43.3 Å². The quantitative estimate of drug-likeness (QED) is 0.505. The Morgan fingerprint density at radius 2 is 1.79 bits per heavy atom. The molecule has 9 nitrogen and oxygen atoms in total. The molecule has 3 unspecified atom stereocenters. The van der Waals surface area contributed by atoms with Gasteiger partial charge in [0.05, 0.1) is 61.9 Å². The van der Waals surface area contributed by atoms with Crippen LogP contribution in [0.5, 0.6) is 0 Å².